The third kappa shape index (κ3) is 13.7. The molecule has 0 bridgehead atoms. The minimum absolute atomic E-state index is 0.00769. The van der Waals surface area contributed by atoms with Gasteiger partial charge in [-0.15, -0.1) is 0 Å². The van der Waals surface area contributed by atoms with Gasteiger partial charge in [-0.3, -0.25) is 0 Å². The van der Waals surface area contributed by atoms with E-state index in [0.717, 1.165) is 11.1 Å². The van der Waals surface area contributed by atoms with Gasteiger partial charge < -0.3 is 103 Å². The lowest BCUT2D eigenvalue weighted by atomic mass is 9.95. The Morgan fingerprint density at radius 1 is 0.315 bits per heavy atom. The van der Waals surface area contributed by atoms with Crippen molar-refractivity contribution in [1.82, 2.24) is 0 Å². The van der Waals surface area contributed by atoms with Crippen LogP contribution in [0.15, 0.2) is 121 Å². The number of aliphatic hydroxyl groups is 10. The SMILES string of the molecule is OCC1O[C@@H](OCC2O[C@@H](O[C@@H]3C(O)[C@H](O)OC(CO)[C@@H]3OCc3ccccc3)C(O)[C@@H](O[C@@H]3OC(CO)[C@H](OCc4ccccc4)[C@H](O)C3O)[C@H]2OCc2ccccc2)C(O)[C@@H](O)[C@H]1OCc1ccccc1. The van der Waals surface area contributed by atoms with Crippen LogP contribution in [0.1, 0.15) is 22.3 Å². The second-order valence-corrected chi connectivity index (χ2v) is 18.3. The topological polar surface area (TPSA) is 304 Å². The summed E-state index contributed by atoms with van der Waals surface area (Å²) in [4.78, 5) is 0. The van der Waals surface area contributed by atoms with Crippen LogP contribution in [0.3, 0.4) is 0 Å². The highest BCUT2D eigenvalue weighted by atomic mass is 16.8. The van der Waals surface area contributed by atoms with E-state index in [1.807, 2.05) is 12.1 Å². The first-order chi connectivity index (χ1) is 35.5. The van der Waals surface area contributed by atoms with Crippen LogP contribution in [0.4, 0.5) is 0 Å². The Balaban J connectivity index is 1.09. The van der Waals surface area contributed by atoms with Gasteiger partial charge in [-0.2, -0.15) is 0 Å². The lowest BCUT2D eigenvalue weighted by Gasteiger charge is -2.50. The molecule has 73 heavy (non-hydrogen) atoms. The Kier molecular flexibility index (Phi) is 20.2. The summed E-state index contributed by atoms with van der Waals surface area (Å²) in [5.74, 6) is 0. The van der Waals surface area contributed by atoms with Crippen molar-refractivity contribution < 1.29 is 103 Å². The van der Waals surface area contributed by atoms with Crippen LogP contribution < -0.4 is 0 Å². The molecule has 0 spiro atoms. The maximum Gasteiger partial charge on any atom is 0.187 e. The van der Waals surface area contributed by atoms with E-state index in [9.17, 15) is 51.1 Å². The predicted molar refractivity (Wildman–Crippen MR) is 250 cm³/mol. The molecular formula is C52H66O21. The summed E-state index contributed by atoms with van der Waals surface area (Å²) in [6.07, 6.45) is -31.6. The molecule has 0 amide bonds. The lowest BCUT2D eigenvalue weighted by Crippen LogP contribution is -2.67. The molecule has 0 aliphatic carbocycles. The molecule has 4 heterocycles. The van der Waals surface area contributed by atoms with E-state index in [1.165, 1.54) is 0 Å². The Morgan fingerprint density at radius 2 is 0.644 bits per heavy atom. The van der Waals surface area contributed by atoms with Gasteiger partial charge in [0.05, 0.1) is 52.9 Å². The minimum Gasteiger partial charge on any atom is -0.394 e. The van der Waals surface area contributed by atoms with Gasteiger partial charge in [-0.05, 0) is 22.3 Å². The number of ether oxygens (including phenoxy) is 11. The molecule has 0 saturated carbocycles. The Labute approximate surface area is 421 Å². The monoisotopic (exact) mass is 1030 g/mol. The standard InChI is InChI=1S/C52H66O21/c53-21-33-43(63-24-29-13-5-1-6-14-29)37(56)39(58)50(69-33)67-28-36-46(66-27-32-19-11-4-12-20-32)48(73-51-40(59)38(57)44(34(22-54)70-51)64-25-30-15-7-2-8-16-30)42(61)52(71-36)72-47-41(60)49(62)68-35(23-55)45(47)65-26-31-17-9-3-10-18-31/h1-20,33-62H,21-28H2/t33?,34?,35?,36?,37-,38-,39?,40?,41?,42?,43+,44+,45+,46+,47-,48-,49-,50-,51+,52+/m1/s1. The van der Waals surface area contributed by atoms with Crippen LogP contribution in [0.25, 0.3) is 0 Å². The fraction of sp³-hybridized carbons (Fsp3) is 0.538. The van der Waals surface area contributed by atoms with Gasteiger partial charge in [0.15, 0.2) is 25.2 Å². The molecule has 4 aromatic rings. The molecule has 21 heteroatoms. The highest BCUT2D eigenvalue weighted by Crippen LogP contribution is 2.36. The van der Waals surface area contributed by atoms with Gasteiger partial charge in [0.1, 0.15) is 97.7 Å². The van der Waals surface area contributed by atoms with Crippen molar-refractivity contribution in [3.63, 3.8) is 0 Å². The number of rotatable bonds is 22. The average Bonchev–Trinajstić information content (AvgIpc) is 3.42. The molecule has 21 nitrogen and oxygen atoms in total. The van der Waals surface area contributed by atoms with E-state index in [-0.39, 0.29) is 26.4 Å². The van der Waals surface area contributed by atoms with E-state index in [4.69, 9.17) is 52.1 Å². The lowest BCUT2D eigenvalue weighted by molar-refractivity contribution is -0.389. The average molecular weight is 1030 g/mol. The molecule has 0 aromatic heterocycles. The van der Waals surface area contributed by atoms with E-state index in [1.54, 1.807) is 109 Å². The molecule has 8 rings (SSSR count). The quantitative estimate of drug-likeness (QED) is 0.0459. The highest BCUT2D eigenvalue weighted by molar-refractivity contribution is 5.16. The molecule has 0 radical (unpaired) electrons. The fourth-order valence-corrected chi connectivity index (χ4v) is 9.24. The number of benzene rings is 4. The maximum atomic E-state index is 12.4. The Morgan fingerprint density at radius 3 is 1.07 bits per heavy atom. The van der Waals surface area contributed by atoms with Crippen LogP contribution in [0, 0.1) is 0 Å². The molecule has 10 N–H and O–H groups in total. The number of aliphatic hydroxyl groups excluding tert-OH is 10. The second kappa shape index (κ2) is 26.7. The first-order valence-corrected chi connectivity index (χ1v) is 24.2. The highest BCUT2D eigenvalue weighted by Gasteiger charge is 2.56. The molecule has 8 unspecified atom stereocenters. The Hall–Kier alpha value is -3.96. The zero-order valence-corrected chi connectivity index (χ0v) is 39.7. The zero-order valence-electron chi connectivity index (χ0n) is 39.7. The van der Waals surface area contributed by atoms with Crippen molar-refractivity contribution >= 4 is 0 Å². The van der Waals surface area contributed by atoms with Crippen molar-refractivity contribution in [3.05, 3.63) is 144 Å². The predicted octanol–water partition coefficient (Wildman–Crippen LogP) is -0.851. The molecule has 4 saturated heterocycles. The van der Waals surface area contributed by atoms with Gasteiger partial charge in [0.2, 0.25) is 0 Å². The summed E-state index contributed by atoms with van der Waals surface area (Å²) < 4.78 is 67.5. The van der Waals surface area contributed by atoms with E-state index >= 15 is 0 Å². The summed E-state index contributed by atoms with van der Waals surface area (Å²) in [5.41, 5.74) is 2.87. The van der Waals surface area contributed by atoms with Crippen molar-refractivity contribution in [2.24, 2.45) is 0 Å². The smallest absolute Gasteiger partial charge is 0.187 e. The van der Waals surface area contributed by atoms with Crippen molar-refractivity contribution in [1.29, 1.82) is 0 Å². The second-order valence-electron chi connectivity index (χ2n) is 18.3. The Bertz CT molecular complexity index is 2180. The number of hydrogen-bond acceptors (Lipinski definition) is 21. The van der Waals surface area contributed by atoms with Gasteiger partial charge in [0, 0.05) is 0 Å². The van der Waals surface area contributed by atoms with E-state index < -0.39 is 149 Å². The van der Waals surface area contributed by atoms with Crippen LogP contribution >= 0.6 is 0 Å². The summed E-state index contributed by atoms with van der Waals surface area (Å²) in [6, 6.07) is 35.8. The summed E-state index contributed by atoms with van der Waals surface area (Å²) >= 11 is 0. The molecule has 4 aromatic carbocycles. The molecule has 20 atom stereocenters. The van der Waals surface area contributed by atoms with Crippen LogP contribution in [0.2, 0.25) is 0 Å². The summed E-state index contributed by atoms with van der Waals surface area (Å²) in [5, 5.41) is 112. The first kappa shape index (κ1) is 55.3. The molecule has 4 fully saturated rings. The first-order valence-electron chi connectivity index (χ1n) is 24.2. The largest absolute Gasteiger partial charge is 0.394 e. The van der Waals surface area contributed by atoms with E-state index in [2.05, 4.69) is 0 Å². The molecule has 4 aliphatic heterocycles. The summed E-state index contributed by atoms with van der Waals surface area (Å²) in [7, 11) is 0. The van der Waals surface area contributed by atoms with E-state index in [0.29, 0.717) is 11.1 Å². The van der Waals surface area contributed by atoms with Gasteiger partial charge >= 0.3 is 0 Å². The zero-order chi connectivity index (χ0) is 51.4. The van der Waals surface area contributed by atoms with Gasteiger partial charge in [0.25, 0.3) is 0 Å². The summed E-state index contributed by atoms with van der Waals surface area (Å²) in [6.45, 7) is -2.82. The van der Waals surface area contributed by atoms with Gasteiger partial charge in [-0.1, -0.05) is 121 Å². The number of hydrogen-bond donors (Lipinski definition) is 10. The fourth-order valence-electron chi connectivity index (χ4n) is 9.24. The maximum absolute atomic E-state index is 12.4. The minimum atomic E-state index is -1.95. The van der Waals surface area contributed by atoms with Gasteiger partial charge in [-0.25, -0.2) is 0 Å². The van der Waals surface area contributed by atoms with Crippen LogP contribution in [0.5, 0.6) is 0 Å². The molecular weight excluding hydrogens is 961 g/mol. The molecule has 400 valence electrons. The third-order valence-electron chi connectivity index (χ3n) is 13.2. The normalized spacial score (nSPS) is 37.0. The molecule has 4 aliphatic rings. The van der Waals surface area contributed by atoms with Crippen molar-refractivity contribution in [2.45, 2.75) is 149 Å². The van der Waals surface area contributed by atoms with Crippen LogP contribution in [-0.2, 0) is 78.5 Å². The van der Waals surface area contributed by atoms with Crippen molar-refractivity contribution in [3.8, 4) is 0 Å². The van der Waals surface area contributed by atoms with Crippen LogP contribution in [-0.4, -0.2) is 200 Å². The van der Waals surface area contributed by atoms with Crippen molar-refractivity contribution in [2.75, 3.05) is 26.4 Å². The third-order valence-corrected chi connectivity index (χ3v) is 13.2.